The van der Waals surface area contributed by atoms with Gasteiger partial charge in [-0.05, 0) is 44.0 Å². The number of hydrogen-bond donors (Lipinski definition) is 2. The molecule has 2 aromatic carbocycles. The van der Waals surface area contributed by atoms with Gasteiger partial charge in [0.1, 0.15) is 24.0 Å². The molecule has 0 bridgehead atoms. The highest BCUT2D eigenvalue weighted by Gasteiger charge is 2.24. The van der Waals surface area contributed by atoms with Crippen LogP contribution in [0.3, 0.4) is 0 Å². The quantitative estimate of drug-likeness (QED) is 0.573. The maximum Gasteiger partial charge on any atom is 0.408 e. The van der Waals surface area contributed by atoms with Gasteiger partial charge in [-0.1, -0.05) is 42.5 Å². The van der Waals surface area contributed by atoms with Gasteiger partial charge in [0.2, 0.25) is 0 Å². The zero-order valence-corrected chi connectivity index (χ0v) is 17.6. The van der Waals surface area contributed by atoms with Crippen LogP contribution in [-0.4, -0.2) is 42.0 Å². The smallest absolute Gasteiger partial charge is 0.408 e. The molecule has 0 radical (unpaired) electrons. The monoisotopic (exact) mass is 415 g/mol. The minimum absolute atomic E-state index is 0.134. The molecule has 1 amide bonds. The van der Waals surface area contributed by atoms with Crippen LogP contribution in [0.1, 0.15) is 31.9 Å². The van der Waals surface area contributed by atoms with Crippen molar-refractivity contribution in [3.8, 4) is 5.75 Å². The van der Waals surface area contributed by atoms with E-state index in [0.717, 1.165) is 11.1 Å². The van der Waals surface area contributed by atoms with Gasteiger partial charge in [-0.2, -0.15) is 0 Å². The van der Waals surface area contributed by atoms with E-state index in [1.165, 1.54) is 0 Å². The first-order valence-corrected chi connectivity index (χ1v) is 9.79. The van der Waals surface area contributed by atoms with Crippen molar-refractivity contribution >= 4 is 12.1 Å². The Balaban J connectivity index is 1.76. The Bertz CT molecular complexity index is 799. The molecule has 1 unspecified atom stereocenters. The first-order valence-electron chi connectivity index (χ1n) is 9.79. The molecule has 0 aromatic heterocycles. The van der Waals surface area contributed by atoms with Crippen molar-refractivity contribution < 1.29 is 28.9 Å². The Labute approximate surface area is 177 Å². The van der Waals surface area contributed by atoms with E-state index in [0.29, 0.717) is 25.6 Å². The number of alkyl carbamates (subject to hydrolysis) is 1. The van der Waals surface area contributed by atoms with Crippen molar-refractivity contribution in [2.45, 2.75) is 45.4 Å². The number of benzene rings is 2. The molecule has 2 N–H and O–H groups in total. The molecule has 0 fully saturated rings. The lowest BCUT2D eigenvalue weighted by Gasteiger charge is -2.22. The molecule has 1 atom stereocenters. The normalized spacial score (nSPS) is 12.1. The Morgan fingerprint density at radius 2 is 1.63 bits per heavy atom. The molecule has 7 heteroatoms. The van der Waals surface area contributed by atoms with Gasteiger partial charge in [-0.3, -0.25) is 0 Å². The van der Waals surface area contributed by atoms with Crippen LogP contribution in [-0.2, 0) is 27.3 Å². The zero-order valence-electron chi connectivity index (χ0n) is 17.6. The lowest BCUT2D eigenvalue weighted by Crippen LogP contribution is -2.44. The van der Waals surface area contributed by atoms with Crippen LogP contribution in [0.5, 0.6) is 5.75 Å². The maximum absolute atomic E-state index is 11.9. The SMILES string of the molecule is CC(C)(C)OC(=O)NC(Cc1ccc(OCCOCc2ccccc2)cc1)C(=O)O. The van der Waals surface area contributed by atoms with Crippen LogP contribution in [0.15, 0.2) is 54.6 Å². The maximum atomic E-state index is 11.9. The fourth-order valence-electron chi connectivity index (χ4n) is 2.59. The second-order valence-corrected chi connectivity index (χ2v) is 7.77. The predicted octanol–water partition coefficient (Wildman–Crippen LogP) is 3.80. The van der Waals surface area contributed by atoms with Crippen LogP contribution in [0.2, 0.25) is 0 Å². The number of hydrogen-bond acceptors (Lipinski definition) is 5. The number of carbonyl (C=O) groups is 2. The van der Waals surface area contributed by atoms with E-state index in [1.54, 1.807) is 45.0 Å². The molecule has 0 aliphatic heterocycles. The third kappa shape index (κ3) is 8.96. The number of carboxylic acid groups (broad SMARTS) is 1. The minimum Gasteiger partial charge on any atom is -0.491 e. The van der Waals surface area contributed by atoms with Crippen LogP contribution >= 0.6 is 0 Å². The molecule has 0 spiro atoms. The standard InChI is InChI=1S/C23H29NO6/c1-23(2,3)30-22(27)24-20(21(25)26)15-17-9-11-19(12-10-17)29-14-13-28-16-18-7-5-4-6-8-18/h4-12,20H,13-16H2,1-3H3,(H,24,27)(H,25,26). The van der Waals surface area contributed by atoms with E-state index in [4.69, 9.17) is 14.2 Å². The topological polar surface area (TPSA) is 94.1 Å². The van der Waals surface area contributed by atoms with Crippen molar-refractivity contribution in [1.82, 2.24) is 5.32 Å². The molecule has 0 heterocycles. The van der Waals surface area contributed by atoms with Gasteiger partial charge < -0.3 is 24.6 Å². The second-order valence-electron chi connectivity index (χ2n) is 7.77. The largest absolute Gasteiger partial charge is 0.491 e. The lowest BCUT2D eigenvalue weighted by molar-refractivity contribution is -0.139. The summed E-state index contributed by atoms with van der Waals surface area (Å²) in [4.78, 5) is 23.3. The number of amides is 1. The molecule has 2 rings (SSSR count). The molecule has 0 saturated carbocycles. The van der Waals surface area contributed by atoms with Crippen LogP contribution in [0.25, 0.3) is 0 Å². The molecule has 162 valence electrons. The summed E-state index contributed by atoms with van der Waals surface area (Å²) in [6.45, 7) is 6.54. The van der Waals surface area contributed by atoms with Crippen molar-refractivity contribution in [2.75, 3.05) is 13.2 Å². The van der Waals surface area contributed by atoms with Crippen molar-refractivity contribution in [2.24, 2.45) is 0 Å². The summed E-state index contributed by atoms with van der Waals surface area (Å²) in [6, 6.07) is 15.9. The Morgan fingerprint density at radius 3 is 2.23 bits per heavy atom. The molecule has 30 heavy (non-hydrogen) atoms. The fraction of sp³-hybridized carbons (Fsp3) is 0.391. The highest BCUT2D eigenvalue weighted by atomic mass is 16.6. The van der Waals surface area contributed by atoms with E-state index >= 15 is 0 Å². The Morgan fingerprint density at radius 1 is 0.967 bits per heavy atom. The van der Waals surface area contributed by atoms with E-state index < -0.39 is 23.7 Å². The summed E-state index contributed by atoms with van der Waals surface area (Å²) < 4.78 is 16.3. The Hall–Kier alpha value is -3.06. The fourth-order valence-corrected chi connectivity index (χ4v) is 2.59. The average Bonchev–Trinajstić information content (AvgIpc) is 2.67. The number of nitrogens with one attached hydrogen (secondary N) is 1. The summed E-state index contributed by atoms with van der Waals surface area (Å²) in [5.41, 5.74) is 1.16. The van der Waals surface area contributed by atoms with Crippen molar-refractivity contribution in [1.29, 1.82) is 0 Å². The third-order valence-corrected chi connectivity index (χ3v) is 3.96. The molecular formula is C23H29NO6. The van der Waals surface area contributed by atoms with Gasteiger partial charge in [0.15, 0.2) is 0 Å². The number of ether oxygens (including phenoxy) is 3. The van der Waals surface area contributed by atoms with Crippen LogP contribution in [0.4, 0.5) is 4.79 Å². The first-order chi connectivity index (χ1) is 14.2. The summed E-state index contributed by atoms with van der Waals surface area (Å²) in [6.07, 6.45) is -0.625. The molecule has 0 saturated heterocycles. The van der Waals surface area contributed by atoms with Gasteiger partial charge in [-0.25, -0.2) is 9.59 Å². The minimum atomic E-state index is -1.13. The average molecular weight is 415 g/mol. The second kappa shape index (κ2) is 11.2. The highest BCUT2D eigenvalue weighted by molar-refractivity contribution is 5.80. The molecule has 7 nitrogen and oxygen atoms in total. The zero-order chi connectivity index (χ0) is 22.0. The van der Waals surface area contributed by atoms with E-state index in [2.05, 4.69) is 5.32 Å². The van der Waals surface area contributed by atoms with Crippen LogP contribution < -0.4 is 10.1 Å². The van der Waals surface area contributed by atoms with Gasteiger partial charge >= 0.3 is 12.1 Å². The van der Waals surface area contributed by atoms with E-state index in [1.807, 2.05) is 30.3 Å². The molecular weight excluding hydrogens is 386 g/mol. The molecule has 0 aliphatic carbocycles. The summed E-state index contributed by atoms with van der Waals surface area (Å²) in [7, 11) is 0. The van der Waals surface area contributed by atoms with Gasteiger partial charge in [0.05, 0.1) is 13.2 Å². The number of rotatable bonds is 10. The van der Waals surface area contributed by atoms with Gasteiger partial charge in [0, 0.05) is 6.42 Å². The summed E-state index contributed by atoms with van der Waals surface area (Å²) >= 11 is 0. The third-order valence-electron chi connectivity index (χ3n) is 3.96. The molecule has 0 aliphatic rings. The Kier molecular flexibility index (Phi) is 8.68. The number of carboxylic acids is 1. The number of aliphatic carboxylic acids is 1. The van der Waals surface area contributed by atoms with E-state index in [-0.39, 0.29) is 6.42 Å². The highest BCUT2D eigenvalue weighted by Crippen LogP contribution is 2.14. The molecule has 2 aromatic rings. The predicted molar refractivity (Wildman–Crippen MR) is 113 cm³/mol. The number of carbonyl (C=O) groups excluding carboxylic acids is 1. The van der Waals surface area contributed by atoms with Crippen molar-refractivity contribution in [3.05, 3.63) is 65.7 Å². The van der Waals surface area contributed by atoms with Gasteiger partial charge in [-0.15, -0.1) is 0 Å². The summed E-state index contributed by atoms with van der Waals surface area (Å²) in [5.74, 6) is -0.467. The summed E-state index contributed by atoms with van der Waals surface area (Å²) in [5, 5.41) is 11.8. The van der Waals surface area contributed by atoms with Gasteiger partial charge in [0.25, 0.3) is 0 Å². The lowest BCUT2D eigenvalue weighted by atomic mass is 10.1. The first kappa shape index (κ1) is 23.2. The van der Waals surface area contributed by atoms with E-state index in [9.17, 15) is 14.7 Å². The van der Waals surface area contributed by atoms with Crippen LogP contribution in [0, 0.1) is 0 Å². The van der Waals surface area contributed by atoms with Crippen molar-refractivity contribution in [3.63, 3.8) is 0 Å².